The van der Waals surface area contributed by atoms with E-state index in [0.29, 0.717) is 13.0 Å². The number of aliphatic hydroxyl groups is 1. The summed E-state index contributed by atoms with van der Waals surface area (Å²) in [5.41, 5.74) is 0. The number of ether oxygens (including phenoxy) is 1. The lowest BCUT2D eigenvalue weighted by molar-refractivity contribution is -0.0267. The quantitative estimate of drug-likeness (QED) is 0.896. The van der Waals surface area contributed by atoms with Crippen LogP contribution in [0.5, 0.6) is 5.75 Å². The Morgan fingerprint density at radius 2 is 1.65 bits per heavy atom. The summed E-state index contributed by atoms with van der Waals surface area (Å²) >= 11 is 0. The van der Waals surface area contributed by atoms with Gasteiger partial charge in [0, 0.05) is 44.4 Å². The van der Waals surface area contributed by atoms with Gasteiger partial charge in [-0.1, -0.05) is 0 Å². The first-order valence-corrected chi connectivity index (χ1v) is 8.36. The van der Waals surface area contributed by atoms with Crippen molar-refractivity contribution in [2.75, 3.05) is 39.3 Å². The summed E-state index contributed by atoms with van der Waals surface area (Å²) in [5, 5.41) is 10.3. The largest absolute Gasteiger partial charge is 0.487 e. The number of rotatable bonds is 5. The number of nitrogens with zero attached hydrogens (tertiary/aromatic N) is 2. The Kier molecular flexibility index (Phi) is 5.46. The fraction of sp³-hybridized carbons (Fsp3) is 0.647. The summed E-state index contributed by atoms with van der Waals surface area (Å²) in [5.74, 6) is -1.20. The summed E-state index contributed by atoms with van der Waals surface area (Å²) < 4.78 is 32.0. The number of aliphatic hydroxyl groups excluding tert-OH is 1. The maximum atomic E-state index is 13.2. The third-order valence-corrected chi connectivity index (χ3v) is 4.66. The van der Waals surface area contributed by atoms with E-state index in [1.807, 2.05) is 0 Å². The van der Waals surface area contributed by atoms with Crippen LogP contribution in [0.15, 0.2) is 18.2 Å². The number of hydrogen-bond acceptors (Lipinski definition) is 4. The second kappa shape index (κ2) is 7.55. The highest BCUT2D eigenvalue weighted by atomic mass is 19.1. The molecule has 0 bridgehead atoms. The maximum Gasteiger partial charge on any atom is 0.129 e. The predicted octanol–water partition coefficient (Wildman–Crippen LogP) is 1.87. The number of β-amino-alcohol motifs (C(OH)–C–C–N with tert-alkyl or cyclic N) is 1. The van der Waals surface area contributed by atoms with Crippen LogP contribution in [0.4, 0.5) is 8.78 Å². The zero-order valence-corrected chi connectivity index (χ0v) is 13.3. The van der Waals surface area contributed by atoms with Crippen LogP contribution in [0.3, 0.4) is 0 Å². The number of hydrogen-bond donors (Lipinski definition) is 1. The van der Waals surface area contributed by atoms with Gasteiger partial charge in [0.25, 0.3) is 0 Å². The first kappa shape index (κ1) is 16.6. The minimum atomic E-state index is -0.669. The molecule has 2 fully saturated rings. The number of halogens is 2. The molecule has 2 saturated heterocycles. The van der Waals surface area contributed by atoms with Crippen molar-refractivity contribution in [1.29, 1.82) is 0 Å². The molecule has 2 atom stereocenters. The number of benzene rings is 1. The van der Waals surface area contributed by atoms with E-state index < -0.39 is 23.8 Å². The highest BCUT2D eigenvalue weighted by Gasteiger charge is 2.29. The van der Waals surface area contributed by atoms with Crippen molar-refractivity contribution in [3.63, 3.8) is 0 Å². The van der Waals surface area contributed by atoms with E-state index in [0.717, 1.165) is 37.8 Å². The molecule has 0 aromatic heterocycles. The first-order valence-electron chi connectivity index (χ1n) is 8.36. The standard InChI is InChI=1S/C17H24F2N2O2/c18-13-9-14(19)11-15(10-13)23-17-3-6-21(12-16(17)22)8-7-20-4-1-2-5-20/h9-11,16-17,22H,1-8,12H2/t16-,17-/m1/s1. The fourth-order valence-corrected chi connectivity index (χ4v) is 3.38. The van der Waals surface area contributed by atoms with E-state index >= 15 is 0 Å². The third kappa shape index (κ3) is 4.62. The summed E-state index contributed by atoms with van der Waals surface area (Å²) in [6.07, 6.45) is 2.15. The van der Waals surface area contributed by atoms with Gasteiger partial charge < -0.3 is 14.7 Å². The van der Waals surface area contributed by atoms with Gasteiger partial charge >= 0.3 is 0 Å². The van der Waals surface area contributed by atoms with Gasteiger partial charge in [0.05, 0.1) is 0 Å². The van der Waals surface area contributed by atoms with Crippen molar-refractivity contribution in [2.24, 2.45) is 0 Å². The molecule has 2 aliphatic rings. The van der Waals surface area contributed by atoms with Gasteiger partial charge in [-0.05, 0) is 32.4 Å². The highest BCUT2D eigenvalue weighted by molar-refractivity contribution is 5.24. The minimum absolute atomic E-state index is 0.136. The third-order valence-electron chi connectivity index (χ3n) is 4.66. The Balaban J connectivity index is 1.48. The molecule has 0 saturated carbocycles. The number of likely N-dealkylation sites (tertiary alicyclic amines) is 2. The molecule has 1 N–H and O–H groups in total. The van der Waals surface area contributed by atoms with Gasteiger partial charge in [0.15, 0.2) is 0 Å². The normalized spacial score (nSPS) is 26.6. The Morgan fingerprint density at radius 1 is 1.00 bits per heavy atom. The zero-order valence-electron chi connectivity index (χ0n) is 13.3. The molecular formula is C17H24F2N2O2. The molecular weight excluding hydrogens is 302 g/mol. The molecule has 23 heavy (non-hydrogen) atoms. The van der Waals surface area contributed by atoms with Gasteiger partial charge in [-0.3, -0.25) is 4.90 Å². The van der Waals surface area contributed by atoms with Crippen molar-refractivity contribution < 1.29 is 18.6 Å². The molecule has 4 nitrogen and oxygen atoms in total. The van der Waals surface area contributed by atoms with Crippen LogP contribution in [0.2, 0.25) is 0 Å². The molecule has 1 aromatic rings. The van der Waals surface area contributed by atoms with Crippen molar-refractivity contribution >= 4 is 0 Å². The summed E-state index contributed by atoms with van der Waals surface area (Å²) in [7, 11) is 0. The maximum absolute atomic E-state index is 13.2. The lowest BCUT2D eigenvalue weighted by atomic mass is 10.0. The van der Waals surface area contributed by atoms with Crippen LogP contribution in [-0.2, 0) is 0 Å². The van der Waals surface area contributed by atoms with E-state index in [4.69, 9.17) is 4.74 Å². The van der Waals surface area contributed by atoms with E-state index in [1.165, 1.54) is 25.9 Å². The van der Waals surface area contributed by atoms with Crippen molar-refractivity contribution in [1.82, 2.24) is 9.80 Å². The molecule has 0 spiro atoms. The van der Waals surface area contributed by atoms with Crippen LogP contribution < -0.4 is 4.74 Å². The van der Waals surface area contributed by atoms with Gasteiger partial charge in [0.1, 0.15) is 29.6 Å². The van der Waals surface area contributed by atoms with Crippen LogP contribution in [-0.4, -0.2) is 66.4 Å². The Hall–Kier alpha value is -1.24. The van der Waals surface area contributed by atoms with E-state index in [1.54, 1.807) is 0 Å². The molecule has 0 radical (unpaired) electrons. The Bertz CT molecular complexity index is 503. The SMILES string of the molecule is O[C@@H]1CN(CCN2CCCC2)CC[C@H]1Oc1cc(F)cc(F)c1. The first-order chi connectivity index (χ1) is 11.1. The molecule has 6 heteroatoms. The average molecular weight is 326 g/mol. The van der Waals surface area contributed by atoms with Crippen molar-refractivity contribution in [3.05, 3.63) is 29.8 Å². The van der Waals surface area contributed by atoms with Gasteiger partial charge in [0.2, 0.25) is 0 Å². The molecule has 2 heterocycles. The molecule has 0 unspecified atom stereocenters. The molecule has 0 amide bonds. The van der Waals surface area contributed by atoms with Gasteiger partial charge in [-0.2, -0.15) is 0 Å². The minimum Gasteiger partial charge on any atom is -0.487 e. The van der Waals surface area contributed by atoms with E-state index in [9.17, 15) is 13.9 Å². The smallest absolute Gasteiger partial charge is 0.129 e. The second-order valence-corrected chi connectivity index (χ2v) is 6.47. The van der Waals surface area contributed by atoms with Gasteiger partial charge in [-0.25, -0.2) is 8.78 Å². The van der Waals surface area contributed by atoms with Crippen LogP contribution >= 0.6 is 0 Å². The van der Waals surface area contributed by atoms with Crippen LogP contribution in [0.25, 0.3) is 0 Å². The monoisotopic (exact) mass is 326 g/mol. The Morgan fingerprint density at radius 3 is 2.30 bits per heavy atom. The molecule has 3 rings (SSSR count). The average Bonchev–Trinajstić information content (AvgIpc) is 3.00. The number of piperidine rings is 1. The van der Waals surface area contributed by atoms with Crippen molar-refractivity contribution in [2.45, 2.75) is 31.5 Å². The topological polar surface area (TPSA) is 35.9 Å². The molecule has 1 aromatic carbocycles. The lowest BCUT2D eigenvalue weighted by Crippen LogP contribution is -2.50. The lowest BCUT2D eigenvalue weighted by Gasteiger charge is -2.36. The van der Waals surface area contributed by atoms with Gasteiger partial charge in [-0.15, -0.1) is 0 Å². The second-order valence-electron chi connectivity index (χ2n) is 6.47. The summed E-state index contributed by atoms with van der Waals surface area (Å²) in [4.78, 5) is 4.68. The zero-order chi connectivity index (χ0) is 16.2. The van der Waals surface area contributed by atoms with Crippen LogP contribution in [0.1, 0.15) is 19.3 Å². The predicted molar refractivity (Wildman–Crippen MR) is 83.5 cm³/mol. The molecule has 128 valence electrons. The fourth-order valence-electron chi connectivity index (χ4n) is 3.38. The van der Waals surface area contributed by atoms with E-state index in [2.05, 4.69) is 9.80 Å². The molecule has 2 aliphatic heterocycles. The van der Waals surface area contributed by atoms with Crippen LogP contribution in [0, 0.1) is 11.6 Å². The Labute approximate surface area is 135 Å². The summed E-state index contributed by atoms with van der Waals surface area (Å²) in [6, 6.07) is 3.11. The molecule has 0 aliphatic carbocycles. The summed E-state index contributed by atoms with van der Waals surface area (Å²) in [6.45, 7) is 5.69. The van der Waals surface area contributed by atoms with Crippen molar-refractivity contribution in [3.8, 4) is 5.75 Å². The van der Waals surface area contributed by atoms with E-state index in [-0.39, 0.29) is 5.75 Å². The highest BCUT2D eigenvalue weighted by Crippen LogP contribution is 2.21.